The number of nitrogens with two attached hydrogens (primary N) is 1. The molecule has 0 aromatic rings. The number of nitrogens with one attached hydrogen (secondary N) is 1. The van der Waals surface area contributed by atoms with Crippen molar-refractivity contribution in [1.82, 2.24) is 5.32 Å². The van der Waals surface area contributed by atoms with E-state index in [1.807, 2.05) is 27.7 Å². The molecule has 3 nitrogen and oxygen atoms in total. The molecule has 0 heterocycles. The van der Waals surface area contributed by atoms with Gasteiger partial charge in [-0.05, 0) is 25.8 Å². The average Bonchev–Trinajstić information content (AvgIpc) is 2.25. The van der Waals surface area contributed by atoms with Gasteiger partial charge in [0.15, 0.2) is 0 Å². The fraction of sp³-hybridized carbons (Fsp3) is 0.727. The lowest BCUT2D eigenvalue weighted by Gasteiger charge is -1.96. The second-order valence-electron chi connectivity index (χ2n) is 1.77. The van der Waals surface area contributed by atoms with Crippen molar-refractivity contribution in [2.24, 2.45) is 5.73 Å². The van der Waals surface area contributed by atoms with Crippen LogP contribution in [0.1, 0.15) is 41.0 Å². The lowest BCUT2D eigenvalue weighted by Crippen LogP contribution is -2.24. The molecule has 0 saturated heterocycles. The Hall–Kier alpha value is -1.01. The summed E-state index contributed by atoms with van der Waals surface area (Å²) in [5.74, 6) is 4.64. The molecule has 0 aliphatic rings. The molecule has 0 aromatic heterocycles. The van der Waals surface area contributed by atoms with Crippen molar-refractivity contribution in [2.45, 2.75) is 41.0 Å². The van der Waals surface area contributed by atoms with E-state index in [0.29, 0.717) is 13.1 Å². The van der Waals surface area contributed by atoms with Crippen LogP contribution >= 0.6 is 0 Å². The Bertz CT molecular complexity index is 156. The summed E-state index contributed by atoms with van der Waals surface area (Å²) in [4.78, 5) is 10.6. The third-order valence-electron chi connectivity index (χ3n) is 0.905. The number of amides is 1. The van der Waals surface area contributed by atoms with Gasteiger partial charge in [0, 0.05) is 6.54 Å². The van der Waals surface area contributed by atoms with Crippen molar-refractivity contribution >= 4 is 5.91 Å². The number of carbonyl (C=O) groups is 1. The first-order valence-electron chi connectivity index (χ1n) is 5.22. The standard InChI is InChI=1S/C7H12N2O.2C2H6/c1-2-4-7(10)9-6-3-5-8;2*1-2/h3,5-6,8H2,1H3,(H,9,10);2*1-2H3. The fourth-order valence-corrected chi connectivity index (χ4v) is 0.462. The molecule has 0 aromatic carbocycles. The van der Waals surface area contributed by atoms with Crippen LogP contribution in [0.5, 0.6) is 0 Å². The summed E-state index contributed by atoms with van der Waals surface area (Å²) < 4.78 is 0. The van der Waals surface area contributed by atoms with E-state index in [1.54, 1.807) is 6.92 Å². The molecule has 1 amide bonds. The molecule has 3 N–H and O–H groups in total. The summed E-state index contributed by atoms with van der Waals surface area (Å²) in [5, 5.41) is 2.59. The lowest BCUT2D eigenvalue weighted by molar-refractivity contribution is -0.115. The van der Waals surface area contributed by atoms with Crippen LogP contribution in [-0.4, -0.2) is 19.0 Å². The Balaban J connectivity index is -0.000000266. The smallest absolute Gasteiger partial charge is 0.295 e. The molecule has 0 spiro atoms. The number of hydrogen-bond donors (Lipinski definition) is 2. The molecule has 0 aliphatic carbocycles. The Morgan fingerprint density at radius 3 is 2.14 bits per heavy atom. The molecule has 0 aliphatic heterocycles. The molecule has 0 unspecified atom stereocenters. The van der Waals surface area contributed by atoms with E-state index in [0.717, 1.165) is 6.42 Å². The predicted octanol–water partition coefficient (Wildman–Crippen LogP) is 1.53. The van der Waals surface area contributed by atoms with Crippen LogP contribution in [-0.2, 0) is 4.79 Å². The van der Waals surface area contributed by atoms with E-state index >= 15 is 0 Å². The summed E-state index contributed by atoms with van der Waals surface area (Å²) in [7, 11) is 0. The largest absolute Gasteiger partial charge is 0.345 e. The number of carbonyl (C=O) groups excluding carboxylic acids is 1. The van der Waals surface area contributed by atoms with Crippen molar-refractivity contribution in [2.75, 3.05) is 13.1 Å². The van der Waals surface area contributed by atoms with Gasteiger partial charge in [0.05, 0.1) is 0 Å². The first kappa shape index (κ1) is 18.7. The van der Waals surface area contributed by atoms with Crippen LogP contribution in [0.15, 0.2) is 0 Å². The zero-order valence-electron chi connectivity index (χ0n) is 10.1. The SMILES string of the molecule is CC.CC.CC#CC(=O)NCCCN. The Kier molecular flexibility index (Phi) is 30.3. The van der Waals surface area contributed by atoms with Crippen molar-refractivity contribution in [3.8, 4) is 11.8 Å². The van der Waals surface area contributed by atoms with Gasteiger partial charge < -0.3 is 11.1 Å². The topological polar surface area (TPSA) is 55.1 Å². The fourth-order valence-electron chi connectivity index (χ4n) is 0.462. The molecular weight excluding hydrogens is 176 g/mol. The van der Waals surface area contributed by atoms with E-state index in [4.69, 9.17) is 5.73 Å². The second-order valence-corrected chi connectivity index (χ2v) is 1.77. The van der Waals surface area contributed by atoms with Gasteiger partial charge in [-0.1, -0.05) is 33.6 Å². The van der Waals surface area contributed by atoms with Gasteiger partial charge in [-0.25, -0.2) is 0 Å². The van der Waals surface area contributed by atoms with E-state index in [2.05, 4.69) is 17.2 Å². The molecule has 0 saturated carbocycles. The van der Waals surface area contributed by atoms with Crippen LogP contribution in [0, 0.1) is 11.8 Å². The van der Waals surface area contributed by atoms with Crippen molar-refractivity contribution in [1.29, 1.82) is 0 Å². The van der Waals surface area contributed by atoms with Gasteiger partial charge in [-0.15, -0.1) is 0 Å². The minimum atomic E-state index is -0.226. The number of hydrogen-bond acceptors (Lipinski definition) is 2. The normalized spacial score (nSPS) is 6.43. The Labute approximate surface area is 88.5 Å². The minimum absolute atomic E-state index is 0.226. The second kappa shape index (κ2) is 22.7. The molecule has 0 bridgehead atoms. The van der Waals surface area contributed by atoms with E-state index in [-0.39, 0.29) is 5.91 Å². The van der Waals surface area contributed by atoms with Gasteiger partial charge in [0.1, 0.15) is 0 Å². The Morgan fingerprint density at radius 2 is 1.79 bits per heavy atom. The van der Waals surface area contributed by atoms with E-state index in [1.165, 1.54) is 0 Å². The summed E-state index contributed by atoms with van der Waals surface area (Å²) in [6.45, 7) is 10.8. The van der Waals surface area contributed by atoms with Crippen molar-refractivity contribution < 1.29 is 4.79 Å². The van der Waals surface area contributed by atoms with Crippen LogP contribution in [0.4, 0.5) is 0 Å². The van der Waals surface area contributed by atoms with E-state index < -0.39 is 0 Å². The van der Waals surface area contributed by atoms with Crippen LogP contribution < -0.4 is 11.1 Å². The van der Waals surface area contributed by atoms with Gasteiger partial charge in [0.25, 0.3) is 5.91 Å². The first-order chi connectivity index (χ1) is 6.81. The molecule has 0 atom stereocenters. The lowest BCUT2D eigenvalue weighted by atomic mass is 10.4. The highest BCUT2D eigenvalue weighted by molar-refractivity contribution is 5.93. The van der Waals surface area contributed by atoms with Crippen molar-refractivity contribution in [3.05, 3.63) is 0 Å². The maximum atomic E-state index is 10.6. The quantitative estimate of drug-likeness (QED) is 0.536. The predicted molar refractivity (Wildman–Crippen MR) is 62.8 cm³/mol. The molecule has 0 fully saturated rings. The van der Waals surface area contributed by atoms with Crippen LogP contribution in [0.3, 0.4) is 0 Å². The molecule has 84 valence electrons. The van der Waals surface area contributed by atoms with Crippen LogP contribution in [0.2, 0.25) is 0 Å². The molecule has 0 rings (SSSR count). The summed E-state index contributed by atoms with van der Waals surface area (Å²) in [6.07, 6.45) is 0.803. The summed E-state index contributed by atoms with van der Waals surface area (Å²) in [5.41, 5.74) is 5.20. The maximum Gasteiger partial charge on any atom is 0.295 e. The molecule has 3 heteroatoms. The van der Waals surface area contributed by atoms with Crippen molar-refractivity contribution in [3.63, 3.8) is 0 Å². The first-order valence-corrected chi connectivity index (χ1v) is 5.22. The van der Waals surface area contributed by atoms with Gasteiger partial charge in [-0.3, -0.25) is 4.79 Å². The van der Waals surface area contributed by atoms with Gasteiger partial charge in [0.2, 0.25) is 0 Å². The number of rotatable bonds is 3. The summed E-state index contributed by atoms with van der Waals surface area (Å²) >= 11 is 0. The Morgan fingerprint density at radius 1 is 1.29 bits per heavy atom. The van der Waals surface area contributed by atoms with E-state index in [9.17, 15) is 4.79 Å². The maximum absolute atomic E-state index is 10.6. The van der Waals surface area contributed by atoms with Crippen LogP contribution in [0.25, 0.3) is 0 Å². The van der Waals surface area contributed by atoms with Gasteiger partial charge >= 0.3 is 0 Å². The zero-order chi connectivity index (χ0) is 11.8. The highest BCUT2D eigenvalue weighted by Gasteiger charge is 1.90. The molecular formula is C11H24N2O. The van der Waals surface area contributed by atoms with Gasteiger partial charge in [-0.2, -0.15) is 0 Å². The zero-order valence-corrected chi connectivity index (χ0v) is 10.1. The highest BCUT2D eigenvalue weighted by Crippen LogP contribution is 1.69. The molecule has 14 heavy (non-hydrogen) atoms. The minimum Gasteiger partial charge on any atom is -0.345 e. The highest BCUT2D eigenvalue weighted by atomic mass is 16.1. The summed E-state index contributed by atoms with van der Waals surface area (Å²) in [6, 6.07) is 0. The monoisotopic (exact) mass is 200 g/mol. The molecule has 0 radical (unpaired) electrons. The average molecular weight is 200 g/mol. The third kappa shape index (κ3) is 22.4. The third-order valence-corrected chi connectivity index (χ3v) is 0.905.